The molecule has 0 unspecified atom stereocenters. The minimum atomic E-state index is -0.408. The maximum Gasteiger partial charge on any atom is 0.246 e. The summed E-state index contributed by atoms with van der Waals surface area (Å²) in [6, 6.07) is 12.8. The Morgan fingerprint density at radius 3 is 2.64 bits per heavy atom. The number of methoxy groups -OCH3 is 1. The second kappa shape index (κ2) is 11.6. The molecular weight excluding hydrogens is 427 g/mol. The van der Waals surface area contributed by atoms with Gasteiger partial charge in [0, 0.05) is 37.9 Å². The molecule has 3 rings (SSSR count). The van der Waals surface area contributed by atoms with Gasteiger partial charge in [0.15, 0.2) is 18.1 Å². The van der Waals surface area contributed by atoms with E-state index in [0.717, 1.165) is 5.56 Å². The minimum Gasteiger partial charge on any atom is -0.493 e. The molecule has 9 heteroatoms. The van der Waals surface area contributed by atoms with Gasteiger partial charge in [0.25, 0.3) is 0 Å². The summed E-state index contributed by atoms with van der Waals surface area (Å²) in [5, 5.41) is 11.3. The molecule has 2 aromatic carbocycles. The minimum absolute atomic E-state index is 0.0809. The van der Waals surface area contributed by atoms with Crippen molar-refractivity contribution in [2.75, 3.05) is 51.8 Å². The Morgan fingerprint density at radius 2 is 1.94 bits per heavy atom. The standard InChI is InChI=1S/C24H25FN4O4/c1-32-22-15-18(5-7-21(22)33-14-9-26)6-8-24(31)29-12-10-28(11-13-29)17-23(30)27-20-4-2-3-19(25)16-20/h2-8,15-16H,10-14,17H2,1H3,(H,27,30)/b8-6+. The number of piperazine rings is 1. The van der Waals surface area contributed by atoms with Crippen LogP contribution < -0.4 is 14.8 Å². The van der Waals surface area contributed by atoms with Crippen LogP contribution in [0.4, 0.5) is 10.1 Å². The van der Waals surface area contributed by atoms with Crippen molar-refractivity contribution in [3.63, 3.8) is 0 Å². The summed E-state index contributed by atoms with van der Waals surface area (Å²) in [6.07, 6.45) is 3.19. The number of carbonyl (C=O) groups is 2. The molecule has 0 aliphatic carbocycles. The number of hydrogen-bond acceptors (Lipinski definition) is 6. The average Bonchev–Trinajstić information content (AvgIpc) is 2.81. The topological polar surface area (TPSA) is 94.9 Å². The number of nitriles is 1. The van der Waals surface area contributed by atoms with Crippen LogP contribution in [0.2, 0.25) is 0 Å². The molecule has 1 heterocycles. The number of ether oxygens (including phenoxy) is 2. The summed E-state index contributed by atoms with van der Waals surface area (Å²) in [7, 11) is 1.51. The van der Waals surface area contributed by atoms with Gasteiger partial charge < -0.3 is 19.7 Å². The number of rotatable bonds is 8. The van der Waals surface area contributed by atoms with Crippen LogP contribution in [0, 0.1) is 17.1 Å². The first-order valence-corrected chi connectivity index (χ1v) is 10.4. The van der Waals surface area contributed by atoms with E-state index in [9.17, 15) is 14.0 Å². The molecule has 0 aromatic heterocycles. The quantitative estimate of drug-likeness (QED) is 0.619. The zero-order valence-corrected chi connectivity index (χ0v) is 18.3. The highest BCUT2D eigenvalue weighted by molar-refractivity contribution is 5.93. The molecule has 1 fully saturated rings. The van der Waals surface area contributed by atoms with E-state index in [4.69, 9.17) is 14.7 Å². The summed E-state index contributed by atoms with van der Waals surface area (Å²) in [5.41, 5.74) is 1.18. The number of nitrogens with zero attached hydrogens (tertiary/aromatic N) is 3. The molecule has 0 bridgehead atoms. The molecule has 0 radical (unpaired) electrons. The highest BCUT2D eigenvalue weighted by atomic mass is 19.1. The van der Waals surface area contributed by atoms with E-state index in [1.165, 1.54) is 31.4 Å². The Morgan fingerprint density at radius 1 is 1.15 bits per heavy atom. The first kappa shape index (κ1) is 23.8. The van der Waals surface area contributed by atoms with Gasteiger partial charge >= 0.3 is 0 Å². The number of amides is 2. The predicted octanol–water partition coefficient (Wildman–Crippen LogP) is 2.53. The molecular formula is C24H25FN4O4. The lowest BCUT2D eigenvalue weighted by molar-refractivity contribution is -0.127. The van der Waals surface area contributed by atoms with E-state index >= 15 is 0 Å². The smallest absolute Gasteiger partial charge is 0.246 e. The van der Waals surface area contributed by atoms with E-state index in [1.807, 2.05) is 11.0 Å². The van der Waals surface area contributed by atoms with Gasteiger partial charge in [0.05, 0.1) is 13.7 Å². The zero-order chi connectivity index (χ0) is 23.6. The second-order valence-corrected chi connectivity index (χ2v) is 7.35. The van der Waals surface area contributed by atoms with Gasteiger partial charge in [-0.15, -0.1) is 0 Å². The number of nitrogens with one attached hydrogen (secondary N) is 1. The van der Waals surface area contributed by atoms with Gasteiger partial charge in [-0.25, -0.2) is 4.39 Å². The SMILES string of the molecule is COc1cc(/C=C/C(=O)N2CCN(CC(=O)Nc3cccc(F)c3)CC2)ccc1OCC#N. The monoisotopic (exact) mass is 452 g/mol. The third-order valence-electron chi connectivity index (χ3n) is 5.06. The lowest BCUT2D eigenvalue weighted by Gasteiger charge is -2.33. The van der Waals surface area contributed by atoms with Gasteiger partial charge in [0.1, 0.15) is 11.9 Å². The average molecular weight is 452 g/mol. The lowest BCUT2D eigenvalue weighted by atomic mass is 10.2. The first-order chi connectivity index (χ1) is 16.0. The van der Waals surface area contributed by atoms with E-state index in [1.54, 1.807) is 35.2 Å². The van der Waals surface area contributed by atoms with Gasteiger partial charge in [-0.3, -0.25) is 14.5 Å². The fourth-order valence-corrected chi connectivity index (χ4v) is 3.39. The maximum atomic E-state index is 13.2. The van der Waals surface area contributed by atoms with Crippen molar-refractivity contribution >= 4 is 23.6 Å². The van der Waals surface area contributed by atoms with Gasteiger partial charge in [-0.05, 0) is 42.0 Å². The second-order valence-electron chi connectivity index (χ2n) is 7.35. The van der Waals surface area contributed by atoms with Crippen molar-refractivity contribution in [1.29, 1.82) is 5.26 Å². The molecule has 1 aliphatic rings. The van der Waals surface area contributed by atoms with E-state index in [0.29, 0.717) is 43.4 Å². The van der Waals surface area contributed by atoms with Crippen molar-refractivity contribution < 1.29 is 23.5 Å². The van der Waals surface area contributed by atoms with Crippen molar-refractivity contribution in [3.8, 4) is 17.6 Å². The molecule has 2 amide bonds. The number of benzene rings is 2. The van der Waals surface area contributed by atoms with E-state index < -0.39 is 5.82 Å². The third-order valence-corrected chi connectivity index (χ3v) is 5.06. The molecule has 1 saturated heterocycles. The number of halogens is 1. The predicted molar refractivity (Wildman–Crippen MR) is 121 cm³/mol. The van der Waals surface area contributed by atoms with Crippen molar-refractivity contribution in [2.24, 2.45) is 0 Å². The largest absolute Gasteiger partial charge is 0.493 e. The normalized spacial score (nSPS) is 14.0. The highest BCUT2D eigenvalue weighted by Gasteiger charge is 2.21. The lowest BCUT2D eigenvalue weighted by Crippen LogP contribution is -2.50. The Balaban J connectivity index is 1.47. The van der Waals surface area contributed by atoms with Crippen LogP contribution in [0.3, 0.4) is 0 Å². The van der Waals surface area contributed by atoms with Crippen LogP contribution in [0.25, 0.3) is 6.08 Å². The van der Waals surface area contributed by atoms with Crippen LogP contribution >= 0.6 is 0 Å². The van der Waals surface area contributed by atoms with Gasteiger partial charge in [-0.2, -0.15) is 5.26 Å². The van der Waals surface area contributed by atoms with Crippen LogP contribution in [0.5, 0.6) is 11.5 Å². The third kappa shape index (κ3) is 7.05. The zero-order valence-electron chi connectivity index (χ0n) is 18.3. The van der Waals surface area contributed by atoms with Crippen LogP contribution in [0.1, 0.15) is 5.56 Å². The molecule has 0 saturated carbocycles. The summed E-state index contributed by atoms with van der Waals surface area (Å²) in [5.74, 6) is 0.179. The molecule has 1 aliphatic heterocycles. The molecule has 172 valence electrons. The molecule has 1 N–H and O–H groups in total. The van der Waals surface area contributed by atoms with Crippen molar-refractivity contribution in [2.45, 2.75) is 0 Å². The molecule has 0 atom stereocenters. The number of carbonyl (C=O) groups excluding carboxylic acids is 2. The molecule has 2 aromatic rings. The van der Waals surface area contributed by atoms with Crippen molar-refractivity contribution in [3.05, 3.63) is 59.9 Å². The van der Waals surface area contributed by atoms with Crippen LogP contribution in [-0.2, 0) is 9.59 Å². The van der Waals surface area contributed by atoms with Crippen LogP contribution in [0.15, 0.2) is 48.5 Å². The Bertz CT molecular complexity index is 1060. The summed E-state index contributed by atoms with van der Waals surface area (Å²) >= 11 is 0. The van der Waals surface area contributed by atoms with Crippen molar-refractivity contribution in [1.82, 2.24) is 9.80 Å². The molecule has 33 heavy (non-hydrogen) atoms. The fourth-order valence-electron chi connectivity index (χ4n) is 3.39. The number of hydrogen-bond donors (Lipinski definition) is 1. The van der Waals surface area contributed by atoms with E-state index in [2.05, 4.69) is 5.32 Å². The Hall–Kier alpha value is -3.90. The molecule has 0 spiro atoms. The molecule has 8 nitrogen and oxygen atoms in total. The van der Waals surface area contributed by atoms with Gasteiger partial charge in [-0.1, -0.05) is 12.1 Å². The maximum absolute atomic E-state index is 13.2. The van der Waals surface area contributed by atoms with E-state index in [-0.39, 0.29) is 25.0 Å². The summed E-state index contributed by atoms with van der Waals surface area (Å²) in [4.78, 5) is 28.4. The van der Waals surface area contributed by atoms with Crippen LogP contribution in [-0.4, -0.2) is 68.1 Å². The van der Waals surface area contributed by atoms with Gasteiger partial charge in [0.2, 0.25) is 11.8 Å². The fraction of sp³-hybridized carbons (Fsp3) is 0.292. The summed E-state index contributed by atoms with van der Waals surface area (Å²) < 4.78 is 23.8. The highest BCUT2D eigenvalue weighted by Crippen LogP contribution is 2.28. The first-order valence-electron chi connectivity index (χ1n) is 10.4. The number of anilines is 1. The summed E-state index contributed by atoms with van der Waals surface area (Å²) in [6.45, 7) is 2.22. The Labute approximate surface area is 191 Å². The Kier molecular flexibility index (Phi) is 8.38.